The summed E-state index contributed by atoms with van der Waals surface area (Å²) in [6, 6.07) is 15.5. The first-order valence-electron chi connectivity index (χ1n) is 10.9. The van der Waals surface area contributed by atoms with Gasteiger partial charge in [-0.05, 0) is 55.0 Å². The number of amides is 1. The van der Waals surface area contributed by atoms with Crippen molar-refractivity contribution in [2.24, 2.45) is 0 Å². The molecule has 1 unspecified atom stereocenters. The van der Waals surface area contributed by atoms with Crippen LogP contribution in [-0.2, 0) is 16.0 Å². The number of carbonyl (C=O) groups excluding carboxylic acids is 2. The van der Waals surface area contributed by atoms with Gasteiger partial charge in [0.2, 0.25) is 5.91 Å². The molecule has 5 nitrogen and oxygen atoms in total. The van der Waals surface area contributed by atoms with E-state index in [1.54, 1.807) is 12.1 Å². The summed E-state index contributed by atoms with van der Waals surface area (Å²) in [7, 11) is 1.36. The zero-order valence-corrected chi connectivity index (χ0v) is 18.0. The summed E-state index contributed by atoms with van der Waals surface area (Å²) in [4.78, 5) is 26.9. The number of para-hydroxylation sites is 1. The standard InChI is InChI=1S/C25H32N2O3/c1-3-9-22(21-10-5-6-11-23(21)27-16-7-4-8-17-27)26-24(28)18-19-12-14-20(15-13-19)25(29)30-2/h5-6,10-15,22H,3-4,7-9,16-18H2,1-2H3,(H,26,28). The second-order valence-corrected chi connectivity index (χ2v) is 7.88. The van der Waals surface area contributed by atoms with Crippen LogP contribution in [0.2, 0.25) is 0 Å². The zero-order chi connectivity index (χ0) is 21.3. The number of benzene rings is 2. The number of ether oxygens (including phenoxy) is 1. The Balaban J connectivity index is 1.71. The number of nitrogens with zero attached hydrogens (tertiary/aromatic N) is 1. The molecule has 0 bridgehead atoms. The molecule has 0 aromatic heterocycles. The third-order valence-electron chi connectivity index (χ3n) is 5.66. The second kappa shape index (κ2) is 10.8. The molecule has 0 aliphatic carbocycles. The lowest BCUT2D eigenvalue weighted by Gasteiger charge is -2.32. The largest absolute Gasteiger partial charge is 0.465 e. The minimum atomic E-state index is -0.372. The molecule has 30 heavy (non-hydrogen) atoms. The van der Waals surface area contributed by atoms with Crippen LogP contribution in [0.15, 0.2) is 48.5 Å². The van der Waals surface area contributed by atoms with Gasteiger partial charge in [-0.3, -0.25) is 4.79 Å². The van der Waals surface area contributed by atoms with Crippen LogP contribution in [0.4, 0.5) is 5.69 Å². The Hall–Kier alpha value is -2.82. The van der Waals surface area contributed by atoms with Crippen molar-refractivity contribution in [2.45, 2.75) is 51.5 Å². The van der Waals surface area contributed by atoms with Crippen LogP contribution in [0, 0.1) is 0 Å². The van der Waals surface area contributed by atoms with Gasteiger partial charge in [0.15, 0.2) is 0 Å². The van der Waals surface area contributed by atoms with Gasteiger partial charge in [0, 0.05) is 18.8 Å². The van der Waals surface area contributed by atoms with Crippen LogP contribution in [-0.4, -0.2) is 32.1 Å². The van der Waals surface area contributed by atoms with Crippen LogP contribution in [0.1, 0.15) is 66.6 Å². The van der Waals surface area contributed by atoms with Gasteiger partial charge >= 0.3 is 5.97 Å². The fourth-order valence-corrected chi connectivity index (χ4v) is 4.11. The number of nitrogens with one attached hydrogen (secondary N) is 1. The maximum Gasteiger partial charge on any atom is 0.337 e. The summed E-state index contributed by atoms with van der Waals surface area (Å²) in [6.07, 6.45) is 5.92. The number of carbonyl (C=O) groups is 2. The molecule has 160 valence electrons. The predicted molar refractivity (Wildman–Crippen MR) is 120 cm³/mol. The number of rotatable bonds is 8. The summed E-state index contributed by atoms with van der Waals surface area (Å²) in [5, 5.41) is 3.25. The third-order valence-corrected chi connectivity index (χ3v) is 5.66. The van der Waals surface area contributed by atoms with Gasteiger partial charge in [-0.25, -0.2) is 4.79 Å². The molecule has 2 aromatic rings. The van der Waals surface area contributed by atoms with Crippen molar-refractivity contribution in [3.8, 4) is 0 Å². The fraction of sp³-hybridized carbons (Fsp3) is 0.440. The zero-order valence-electron chi connectivity index (χ0n) is 18.0. The molecule has 2 aromatic carbocycles. The molecule has 5 heteroatoms. The van der Waals surface area contributed by atoms with Crippen molar-refractivity contribution in [1.82, 2.24) is 5.32 Å². The van der Waals surface area contributed by atoms with E-state index in [2.05, 4.69) is 41.4 Å². The molecule has 1 atom stereocenters. The lowest BCUT2D eigenvalue weighted by molar-refractivity contribution is -0.121. The van der Waals surface area contributed by atoms with E-state index in [0.29, 0.717) is 5.56 Å². The van der Waals surface area contributed by atoms with Crippen LogP contribution in [0.25, 0.3) is 0 Å². The van der Waals surface area contributed by atoms with Crippen molar-refractivity contribution in [1.29, 1.82) is 0 Å². The Kier molecular flexibility index (Phi) is 7.89. The average molecular weight is 409 g/mol. The Labute approximate surface area is 179 Å². The average Bonchev–Trinajstić information content (AvgIpc) is 2.79. The third kappa shape index (κ3) is 5.62. The fourth-order valence-electron chi connectivity index (χ4n) is 4.11. The summed E-state index contributed by atoms with van der Waals surface area (Å²) >= 11 is 0. The normalized spacial score (nSPS) is 14.8. The van der Waals surface area contributed by atoms with Crippen LogP contribution in [0.3, 0.4) is 0 Å². The first kappa shape index (κ1) is 21.9. The molecule has 1 saturated heterocycles. The van der Waals surface area contributed by atoms with Crippen molar-refractivity contribution in [2.75, 3.05) is 25.1 Å². The smallest absolute Gasteiger partial charge is 0.337 e. The minimum Gasteiger partial charge on any atom is -0.465 e. The monoisotopic (exact) mass is 408 g/mol. The van der Waals surface area contributed by atoms with Crippen LogP contribution >= 0.6 is 0 Å². The molecule has 1 aliphatic heterocycles. The van der Waals surface area contributed by atoms with Crippen molar-refractivity contribution in [3.63, 3.8) is 0 Å². The molecule has 1 heterocycles. The lowest BCUT2D eigenvalue weighted by atomic mass is 9.98. The van der Waals surface area contributed by atoms with E-state index in [4.69, 9.17) is 4.74 Å². The summed E-state index contributed by atoms with van der Waals surface area (Å²) in [5.41, 5.74) is 3.81. The van der Waals surface area contributed by atoms with Gasteiger partial charge in [0.25, 0.3) is 0 Å². The highest BCUT2D eigenvalue weighted by molar-refractivity contribution is 5.89. The highest BCUT2D eigenvalue weighted by Crippen LogP contribution is 2.31. The van der Waals surface area contributed by atoms with Crippen LogP contribution < -0.4 is 10.2 Å². The molecular weight excluding hydrogens is 376 g/mol. The molecule has 0 radical (unpaired) electrons. The predicted octanol–water partition coefficient (Wildman–Crippen LogP) is 4.66. The number of methoxy groups -OCH3 is 1. The molecular formula is C25H32N2O3. The van der Waals surface area contributed by atoms with Gasteiger partial charge in [-0.1, -0.05) is 43.7 Å². The van der Waals surface area contributed by atoms with Crippen LogP contribution in [0.5, 0.6) is 0 Å². The van der Waals surface area contributed by atoms with E-state index in [-0.39, 0.29) is 24.3 Å². The van der Waals surface area contributed by atoms with Gasteiger partial charge < -0.3 is 15.0 Å². The SMILES string of the molecule is CCCC(NC(=O)Cc1ccc(C(=O)OC)cc1)c1ccccc1N1CCCCC1. The first-order chi connectivity index (χ1) is 14.6. The molecule has 1 N–H and O–H groups in total. The maximum absolute atomic E-state index is 12.8. The van der Waals surface area contributed by atoms with Crippen molar-refractivity contribution in [3.05, 3.63) is 65.2 Å². The lowest BCUT2D eigenvalue weighted by Crippen LogP contribution is -2.34. The topological polar surface area (TPSA) is 58.6 Å². The van der Waals surface area contributed by atoms with E-state index >= 15 is 0 Å². The Bertz CT molecular complexity index is 842. The molecule has 0 spiro atoms. The maximum atomic E-state index is 12.8. The first-order valence-corrected chi connectivity index (χ1v) is 10.9. The molecule has 0 saturated carbocycles. The Morgan fingerprint density at radius 3 is 2.40 bits per heavy atom. The quantitative estimate of drug-likeness (QED) is 0.645. The number of esters is 1. The summed E-state index contributed by atoms with van der Waals surface area (Å²) in [6.45, 7) is 4.31. The number of piperidine rings is 1. The van der Waals surface area contributed by atoms with Crippen molar-refractivity contribution < 1.29 is 14.3 Å². The van der Waals surface area contributed by atoms with E-state index in [1.165, 1.54) is 37.6 Å². The Morgan fingerprint density at radius 2 is 1.73 bits per heavy atom. The second-order valence-electron chi connectivity index (χ2n) is 7.88. The molecule has 1 fully saturated rings. The van der Waals surface area contributed by atoms with Gasteiger partial charge in [0.05, 0.1) is 25.1 Å². The van der Waals surface area contributed by atoms with E-state index in [9.17, 15) is 9.59 Å². The minimum absolute atomic E-state index is 0.00466. The number of hydrogen-bond acceptors (Lipinski definition) is 4. The highest BCUT2D eigenvalue weighted by Gasteiger charge is 2.21. The highest BCUT2D eigenvalue weighted by atomic mass is 16.5. The summed E-state index contributed by atoms with van der Waals surface area (Å²) in [5.74, 6) is -0.379. The molecule has 1 amide bonds. The number of hydrogen-bond donors (Lipinski definition) is 1. The van der Waals surface area contributed by atoms with E-state index < -0.39 is 0 Å². The van der Waals surface area contributed by atoms with Gasteiger partial charge in [-0.15, -0.1) is 0 Å². The van der Waals surface area contributed by atoms with E-state index in [0.717, 1.165) is 31.5 Å². The van der Waals surface area contributed by atoms with Gasteiger partial charge in [0.1, 0.15) is 0 Å². The van der Waals surface area contributed by atoms with Crippen molar-refractivity contribution >= 4 is 17.6 Å². The Morgan fingerprint density at radius 1 is 1.03 bits per heavy atom. The molecule has 1 aliphatic rings. The summed E-state index contributed by atoms with van der Waals surface area (Å²) < 4.78 is 4.72. The van der Waals surface area contributed by atoms with Gasteiger partial charge in [-0.2, -0.15) is 0 Å². The molecule has 3 rings (SSSR count). The number of anilines is 1. The van der Waals surface area contributed by atoms with E-state index in [1.807, 2.05) is 12.1 Å².